The number of nitrogens with zero attached hydrogens (tertiary/aromatic N) is 1. The number of benzene rings is 1. The van der Waals surface area contributed by atoms with Crippen LogP contribution in [-0.4, -0.2) is 35.9 Å². The van der Waals surface area contributed by atoms with Crippen molar-refractivity contribution in [1.82, 2.24) is 10.2 Å². The molecule has 0 aromatic heterocycles. The molecule has 2 amide bonds. The topological polar surface area (TPSA) is 58.6 Å². The first kappa shape index (κ1) is 19.3. The van der Waals surface area contributed by atoms with Crippen molar-refractivity contribution in [2.24, 2.45) is 0 Å². The molecule has 5 heteroatoms. The number of methoxy groups -OCH3 is 1. The van der Waals surface area contributed by atoms with Crippen LogP contribution in [0.5, 0.6) is 5.75 Å². The Labute approximate surface area is 150 Å². The number of carbonyl (C=O) groups excluding carboxylic acids is 2. The fourth-order valence-electron chi connectivity index (χ4n) is 3.32. The second-order valence-electron chi connectivity index (χ2n) is 6.75. The van der Waals surface area contributed by atoms with Crippen molar-refractivity contribution in [1.29, 1.82) is 0 Å². The van der Waals surface area contributed by atoms with Gasteiger partial charge in [0.05, 0.1) is 7.11 Å². The van der Waals surface area contributed by atoms with Crippen molar-refractivity contribution < 1.29 is 14.3 Å². The average Bonchev–Trinajstić information content (AvgIpc) is 2.65. The molecule has 25 heavy (non-hydrogen) atoms. The van der Waals surface area contributed by atoms with E-state index < -0.39 is 6.04 Å². The fraction of sp³-hybridized carbons (Fsp3) is 0.600. The lowest BCUT2D eigenvalue weighted by molar-refractivity contribution is -0.140. The van der Waals surface area contributed by atoms with Gasteiger partial charge in [-0.1, -0.05) is 38.3 Å². The zero-order chi connectivity index (χ0) is 18.2. The summed E-state index contributed by atoms with van der Waals surface area (Å²) in [6, 6.07) is 7.38. The predicted octanol–water partition coefficient (Wildman–Crippen LogP) is 3.27. The molecule has 0 spiro atoms. The average molecular weight is 346 g/mol. The maximum Gasteiger partial charge on any atom is 0.242 e. The summed E-state index contributed by atoms with van der Waals surface area (Å²) >= 11 is 0. The number of amides is 2. The summed E-state index contributed by atoms with van der Waals surface area (Å²) in [5.74, 6) is 0.673. The minimum Gasteiger partial charge on any atom is -0.497 e. The van der Waals surface area contributed by atoms with Crippen molar-refractivity contribution in [3.8, 4) is 5.75 Å². The number of rotatable bonds is 7. The van der Waals surface area contributed by atoms with Crippen LogP contribution in [0.2, 0.25) is 0 Å². The zero-order valence-electron chi connectivity index (χ0n) is 15.6. The number of ether oxygens (including phenoxy) is 1. The Kier molecular flexibility index (Phi) is 7.29. The molecule has 1 aromatic carbocycles. The Balaban J connectivity index is 2.06. The summed E-state index contributed by atoms with van der Waals surface area (Å²) in [5, 5.41) is 3.13. The number of hydrogen-bond acceptors (Lipinski definition) is 3. The highest BCUT2D eigenvalue weighted by atomic mass is 16.5. The van der Waals surface area contributed by atoms with Crippen molar-refractivity contribution in [3.63, 3.8) is 0 Å². The molecule has 1 aliphatic carbocycles. The molecular formula is C20H30N2O3. The molecule has 0 aliphatic heterocycles. The standard InChI is InChI=1S/C20H30N2O3/c1-4-19(23)22(14-16-9-8-12-18(13-16)25-3)15(2)20(24)21-17-10-6-5-7-11-17/h8-9,12-13,15,17H,4-7,10-11,14H2,1-3H3,(H,21,24). The van der Waals surface area contributed by atoms with E-state index in [0.717, 1.165) is 24.2 Å². The van der Waals surface area contributed by atoms with Gasteiger partial charge >= 0.3 is 0 Å². The molecule has 1 aromatic rings. The molecule has 1 fully saturated rings. The van der Waals surface area contributed by atoms with E-state index in [1.165, 1.54) is 19.3 Å². The highest BCUT2D eigenvalue weighted by Crippen LogP contribution is 2.19. The van der Waals surface area contributed by atoms with Gasteiger partial charge in [-0.25, -0.2) is 0 Å². The van der Waals surface area contributed by atoms with Gasteiger partial charge in [-0.15, -0.1) is 0 Å². The molecule has 1 atom stereocenters. The van der Waals surface area contributed by atoms with E-state index in [-0.39, 0.29) is 17.9 Å². The fourth-order valence-corrected chi connectivity index (χ4v) is 3.32. The molecule has 0 bridgehead atoms. The quantitative estimate of drug-likeness (QED) is 0.824. The minimum absolute atomic E-state index is 0.0193. The van der Waals surface area contributed by atoms with Gasteiger partial charge in [-0.2, -0.15) is 0 Å². The van der Waals surface area contributed by atoms with Crippen LogP contribution in [-0.2, 0) is 16.1 Å². The summed E-state index contributed by atoms with van der Waals surface area (Å²) in [6.07, 6.45) is 6.04. The van der Waals surface area contributed by atoms with E-state index in [2.05, 4.69) is 5.32 Å². The first-order chi connectivity index (χ1) is 12.0. The van der Waals surface area contributed by atoms with Crippen molar-refractivity contribution in [2.45, 2.75) is 71.0 Å². The van der Waals surface area contributed by atoms with Gasteiger partial charge in [-0.05, 0) is 37.5 Å². The SMILES string of the molecule is CCC(=O)N(Cc1cccc(OC)c1)C(C)C(=O)NC1CCCCC1. The van der Waals surface area contributed by atoms with E-state index in [9.17, 15) is 9.59 Å². The van der Waals surface area contributed by atoms with Crippen LogP contribution in [0.3, 0.4) is 0 Å². The molecule has 138 valence electrons. The monoisotopic (exact) mass is 346 g/mol. The van der Waals surface area contributed by atoms with Gasteiger partial charge in [0, 0.05) is 19.0 Å². The molecule has 2 rings (SSSR count). The maximum atomic E-state index is 12.7. The third-order valence-corrected chi connectivity index (χ3v) is 4.91. The molecule has 1 aliphatic rings. The molecule has 1 unspecified atom stereocenters. The summed E-state index contributed by atoms with van der Waals surface area (Å²) in [7, 11) is 1.62. The molecule has 0 saturated heterocycles. The van der Waals surface area contributed by atoms with Crippen LogP contribution in [0, 0.1) is 0 Å². The highest BCUT2D eigenvalue weighted by Gasteiger charge is 2.27. The largest absolute Gasteiger partial charge is 0.497 e. The normalized spacial score (nSPS) is 16.1. The molecule has 1 N–H and O–H groups in total. The Bertz CT molecular complexity index is 582. The van der Waals surface area contributed by atoms with E-state index in [1.807, 2.05) is 38.1 Å². The van der Waals surface area contributed by atoms with Crippen molar-refractivity contribution >= 4 is 11.8 Å². The number of nitrogens with one attached hydrogen (secondary N) is 1. The molecular weight excluding hydrogens is 316 g/mol. The number of carbonyl (C=O) groups is 2. The van der Waals surface area contributed by atoms with Crippen LogP contribution >= 0.6 is 0 Å². The van der Waals surface area contributed by atoms with Gasteiger partial charge in [0.15, 0.2) is 0 Å². The maximum absolute atomic E-state index is 12.7. The van der Waals surface area contributed by atoms with Gasteiger partial charge in [0.25, 0.3) is 0 Å². The van der Waals surface area contributed by atoms with Crippen molar-refractivity contribution in [3.05, 3.63) is 29.8 Å². The number of hydrogen-bond donors (Lipinski definition) is 1. The smallest absolute Gasteiger partial charge is 0.242 e. The Hall–Kier alpha value is -2.04. The lowest BCUT2D eigenvalue weighted by atomic mass is 9.95. The third kappa shape index (κ3) is 5.48. The Morgan fingerprint density at radius 1 is 1.28 bits per heavy atom. The summed E-state index contributed by atoms with van der Waals surface area (Å²) in [6.45, 7) is 4.04. The van der Waals surface area contributed by atoms with Crippen LogP contribution < -0.4 is 10.1 Å². The Morgan fingerprint density at radius 3 is 2.64 bits per heavy atom. The highest BCUT2D eigenvalue weighted by molar-refractivity contribution is 5.87. The third-order valence-electron chi connectivity index (χ3n) is 4.91. The van der Waals surface area contributed by atoms with Crippen molar-refractivity contribution in [2.75, 3.05) is 7.11 Å². The van der Waals surface area contributed by atoms with Crippen LogP contribution in [0.15, 0.2) is 24.3 Å². The van der Waals surface area contributed by atoms with Gasteiger partial charge in [0.2, 0.25) is 11.8 Å². The summed E-state index contributed by atoms with van der Waals surface area (Å²) < 4.78 is 5.25. The second kappa shape index (κ2) is 9.44. The minimum atomic E-state index is -0.486. The van der Waals surface area contributed by atoms with Gasteiger partial charge in [-0.3, -0.25) is 9.59 Å². The zero-order valence-corrected chi connectivity index (χ0v) is 15.6. The molecule has 1 saturated carbocycles. The van der Waals surface area contributed by atoms with Crippen LogP contribution in [0.4, 0.5) is 0 Å². The lowest BCUT2D eigenvalue weighted by Gasteiger charge is -2.31. The van der Waals surface area contributed by atoms with E-state index >= 15 is 0 Å². The first-order valence-corrected chi connectivity index (χ1v) is 9.28. The molecule has 0 radical (unpaired) electrons. The van der Waals surface area contributed by atoms with Gasteiger partial charge in [0.1, 0.15) is 11.8 Å². The first-order valence-electron chi connectivity index (χ1n) is 9.28. The van der Waals surface area contributed by atoms with Crippen LogP contribution in [0.1, 0.15) is 57.9 Å². The van der Waals surface area contributed by atoms with E-state index in [0.29, 0.717) is 13.0 Å². The second-order valence-corrected chi connectivity index (χ2v) is 6.75. The summed E-state index contributed by atoms with van der Waals surface area (Å²) in [4.78, 5) is 26.7. The lowest BCUT2D eigenvalue weighted by Crippen LogP contribution is -2.50. The molecule has 0 heterocycles. The van der Waals surface area contributed by atoms with Gasteiger partial charge < -0.3 is 15.0 Å². The Morgan fingerprint density at radius 2 is 2.00 bits per heavy atom. The predicted molar refractivity (Wildman–Crippen MR) is 98.3 cm³/mol. The summed E-state index contributed by atoms with van der Waals surface area (Å²) in [5.41, 5.74) is 0.957. The van der Waals surface area contributed by atoms with E-state index in [4.69, 9.17) is 4.74 Å². The molecule has 5 nitrogen and oxygen atoms in total. The van der Waals surface area contributed by atoms with E-state index in [1.54, 1.807) is 12.0 Å². The van der Waals surface area contributed by atoms with Crippen LogP contribution in [0.25, 0.3) is 0 Å².